The van der Waals surface area contributed by atoms with Crippen molar-refractivity contribution in [2.45, 2.75) is 44.6 Å². The normalized spacial score (nSPS) is 25.5. The van der Waals surface area contributed by atoms with Crippen LogP contribution < -0.4 is 5.32 Å². The number of benzene rings is 1. The quantitative estimate of drug-likeness (QED) is 0.906. The number of carbonyl (C=O) groups excluding carboxylic acids is 1. The van der Waals surface area contributed by atoms with E-state index in [2.05, 4.69) is 24.4 Å². The summed E-state index contributed by atoms with van der Waals surface area (Å²) < 4.78 is 23.0. The van der Waals surface area contributed by atoms with Gasteiger partial charge in [0.25, 0.3) is 0 Å². The van der Waals surface area contributed by atoms with Gasteiger partial charge in [-0.2, -0.15) is 0 Å². The molecule has 1 N–H and O–H groups in total. The molecule has 1 aromatic carbocycles. The maximum Gasteiger partial charge on any atom is 0.221 e. The zero-order valence-electron chi connectivity index (χ0n) is 13.1. The third-order valence-electron chi connectivity index (χ3n) is 4.89. The number of hydrogen-bond acceptors (Lipinski definition) is 3. The minimum atomic E-state index is -3.03. The van der Waals surface area contributed by atoms with Crippen LogP contribution in [0.25, 0.3) is 0 Å². The molecule has 3 rings (SSSR count). The number of amides is 1. The number of hydrogen-bond donors (Lipinski definition) is 1. The van der Waals surface area contributed by atoms with Crippen LogP contribution >= 0.6 is 0 Å². The average molecular weight is 321 g/mol. The largest absolute Gasteiger partial charge is 0.349 e. The van der Waals surface area contributed by atoms with Crippen LogP contribution in [0.5, 0.6) is 0 Å². The summed E-state index contributed by atoms with van der Waals surface area (Å²) in [6.07, 6.45) is 4.17. The van der Waals surface area contributed by atoms with E-state index in [-0.39, 0.29) is 23.1 Å². The van der Waals surface area contributed by atoms with E-state index in [4.69, 9.17) is 0 Å². The highest BCUT2D eigenvalue weighted by molar-refractivity contribution is 7.90. The van der Waals surface area contributed by atoms with Crippen LogP contribution in [0.2, 0.25) is 0 Å². The summed E-state index contributed by atoms with van der Waals surface area (Å²) in [6, 6.07) is 8.30. The van der Waals surface area contributed by atoms with E-state index in [0.29, 0.717) is 12.3 Å². The predicted molar refractivity (Wildman–Crippen MR) is 86.4 cm³/mol. The first-order chi connectivity index (χ1) is 10.3. The van der Waals surface area contributed by atoms with Crippen molar-refractivity contribution in [2.75, 3.05) is 12.0 Å². The Bertz CT molecular complexity index is 692. The van der Waals surface area contributed by atoms with Crippen LogP contribution in [0.1, 0.15) is 55.7 Å². The Morgan fingerprint density at radius 3 is 2.50 bits per heavy atom. The first-order valence-electron chi connectivity index (χ1n) is 7.84. The molecule has 0 radical (unpaired) electrons. The molecule has 0 bridgehead atoms. The van der Waals surface area contributed by atoms with Crippen molar-refractivity contribution in [1.82, 2.24) is 5.32 Å². The molecule has 1 saturated carbocycles. The fraction of sp³-hybridized carbons (Fsp3) is 0.588. The lowest BCUT2D eigenvalue weighted by atomic mass is 10.0. The molecule has 0 spiro atoms. The highest BCUT2D eigenvalue weighted by Gasteiger charge is 2.47. The van der Waals surface area contributed by atoms with Gasteiger partial charge < -0.3 is 5.32 Å². The average Bonchev–Trinajstić information content (AvgIpc) is 3.06. The number of fused-ring (bicyclic) bond motifs is 1. The Hall–Kier alpha value is -1.36. The minimum absolute atomic E-state index is 0.0185. The second-order valence-corrected chi connectivity index (χ2v) is 9.27. The van der Waals surface area contributed by atoms with Crippen LogP contribution in [0.3, 0.4) is 0 Å². The van der Waals surface area contributed by atoms with Crippen molar-refractivity contribution in [3.8, 4) is 0 Å². The van der Waals surface area contributed by atoms with Crippen molar-refractivity contribution >= 4 is 15.7 Å². The summed E-state index contributed by atoms with van der Waals surface area (Å²) in [4.78, 5) is 12.4. The molecule has 0 unspecified atom stereocenters. The van der Waals surface area contributed by atoms with Crippen molar-refractivity contribution in [3.63, 3.8) is 0 Å². The Morgan fingerprint density at radius 2 is 1.91 bits per heavy atom. The van der Waals surface area contributed by atoms with E-state index in [1.807, 2.05) is 12.1 Å². The number of nitrogens with one attached hydrogen (secondary N) is 1. The maximum atomic E-state index is 12.4. The third kappa shape index (κ3) is 3.35. The third-order valence-corrected chi connectivity index (χ3v) is 6.02. The summed E-state index contributed by atoms with van der Waals surface area (Å²) in [5.41, 5.74) is 2.21. The van der Waals surface area contributed by atoms with E-state index >= 15 is 0 Å². The first kappa shape index (κ1) is 15.5. The fourth-order valence-corrected chi connectivity index (χ4v) is 5.22. The van der Waals surface area contributed by atoms with E-state index < -0.39 is 9.84 Å². The van der Waals surface area contributed by atoms with Crippen molar-refractivity contribution < 1.29 is 13.2 Å². The molecule has 0 heterocycles. The molecule has 2 aliphatic rings. The molecule has 0 aromatic heterocycles. The van der Waals surface area contributed by atoms with Gasteiger partial charge in [0, 0.05) is 12.7 Å². The lowest BCUT2D eigenvalue weighted by Gasteiger charge is -2.18. The number of carbonyl (C=O) groups is 1. The van der Waals surface area contributed by atoms with Gasteiger partial charge in [0.2, 0.25) is 5.91 Å². The first-order valence-corrected chi connectivity index (χ1v) is 9.90. The number of sulfone groups is 1. The maximum absolute atomic E-state index is 12.4. The van der Waals surface area contributed by atoms with E-state index in [1.54, 1.807) is 0 Å². The van der Waals surface area contributed by atoms with Gasteiger partial charge in [-0.3, -0.25) is 4.79 Å². The van der Waals surface area contributed by atoms with Crippen LogP contribution in [-0.4, -0.2) is 26.3 Å². The van der Waals surface area contributed by atoms with Gasteiger partial charge in [-0.25, -0.2) is 8.42 Å². The van der Waals surface area contributed by atoms with Crippen LogP contribution in [0.15, 0.2) is 24.3 Å². The van der Waals surface area contributed by atoms with Crippen molar-refractivity contribution in [2.24, 2.45) is 5.41 Å². The summed E-state index contributed by atoms with van der Waals surface area (Å²) in [7, 11) is -3.03. The SMILES string of the molecule is C[C@H]1C[C@@H](NC(=O)CC2(CS(C)(=O)=O)CC2)c2ccccc21. The molecule has 1 fully saturated rings. The Morgan fingerprint density at radius 1 is 1.27 bits per heavy atom. The Balaban J connectivity index is 1.64. The lowest BCUT2D eigenvalue weighted by molar-refractivity contribution is -0.122. The molecule has 0 saturated heterocycles. The highest BCUT2D eigenvalue weighted by Crippen LogP contribution is 2.50. The zero-order valence-corrected chi connectivity index (χ0v) is 13.9. The highest BCUT2D eigenvalue weighted by atomic mass is 32.2. The molecular formula is C17H23NO3S. The molecule has 22 heavy (non-hydrogen) atoms. The van der Waals surface area contributed by atoms with Gasteiger partial charge in [-0.05, 0) is 41.7 Å². The summed E-state index contributed by atoms with van der Waals surface area (Å²) in [6.45, 7) is 2.18. The van der Waals surface area contributed by atoms with Gasteiger partial charge in [0.1, 0.15) is 9.84 Å². The molecule has 5 heteroatoms. The molecule has 1 aromatic rings. The van der Waals surface area contributed by atoms with Gasteiger partial charge in [0.15, 0.2) is 0 Å². The number of rotatable bonds is 5. The van der Waals surface area contributed by atoms with E-state index in [0.717, 1.165) is 19.3 Å². The topological polar surface area (TPSA) is 63.2 Å². The molecule has 2 aliphatic carbocycles. The van der Waals surface area contributed by atoms with Gasteiger partial charge in [-0.15, -0.1) is 0 Å². The van der Waals surface area contributed by atoms with E-state index in [9.17, 15) is 13.2 Å². The summed E-state index contributed by atoms with van der Waals surface area (Å²) in [5.74, 6) is 0.563. The molecule has 4 nitrogen and oxygen atoms in total. The van der Waals surface area contributed by atoms with E-state index in [1.165, 1.54) is 17.4 Å². The molecule has 1 amide bonds. The smallest absolute Gasteiger partial charge is 0.221 e. The Kier molecular flexibility index (Phi) is 3.79. The second kappa shape index (κ2) is 5.37. The second-order valence-electron chi connectivity index (χ2n) is 7.13. The molecule has 0 aliphatic heterocycles. The standard InChI is InChI=1S/C17H23NO3S/c1-12-9-15(14-6-4-3-5-13(12)14)18-16(19)10-17(7-8-17)11-22(2,20)21/h3-6,12,15H,7-11H2,1-2H3,(H,18,19)/t12-,15+/m0/s1. The van der Waals surface area contributed by atoms with Crippen molar-refractivity contribution in [1.29, 1.82) is 0 Å². The van der Waals surface area contributed by atoms with Crippen LogP contribution in [0, 0.1) is 5.41 Å². The Labute approximate surface area is 132 Å². The van der Waals surface area contributed by atoms with Gasteiger partial charge >= 0.3 is 0 Å². The van der Waals surface area contributed by atoms with Crippen LogP contribution in [0.4, 0.5) is 0 Å². The fourth-order valence-electron chi connectivity index (χ4n) is 3.71. The van der Waals surface area contributed by atoms with Gasteiger partial charge in [-0.1, -0.05) is 31.2 Å². The molecule has 120 valence electrons. The predicted octanol–water partition coefficient (Wildman–Crippen LogP) is 2.57. The summed E-state index contributed by atoms with van der Waals surface area (Å²) >= 11 is 0. The summed E-state index contributed by atoms with van der Waals surface area (Å²) in [5, 5.41) is 3.11. The molecule has 2 atom stereocenters. The monoisotopic (exact) mass is 321 g/mol. The minimum Gasteiger partial charge on any atom is -0.349 e. The van der Waals surface area contributed by atoms with Gasteiger partial charge in [0.05, 0.1) is 11.8 Å². The zero-order chi connectivity index (χ0) is 16.0. The van der Waals surface area contributed by atoms with Crippen molar-refractivity contribution in [3.05, 3.63) is 35.4 Å². The lowest BCUT2D eigenvalue weighted by Crippen LogP contribution is -2.31. The van der Waals surface area contributed by atoms with Crippen LogP contribution in [-0.2, 0) is 14.6 Å². The molecular weight excluding hydrogens is 298 g/mol.